The summed E-state index contributed by atoms with van der Waals surface area (Å²) in [4.78, 5) is 5.63. The van der Waals surface area contributed by atoms with Crippen LogP contribution < -0.4 is 5.32 Å². The van der Waals surface area contributed by atoms with Crippen molar-refractivity contribution in [2.45, 2.75) is 30.9 Å². The molecule has 0 aliphatic carbocycles. The van der Waals surface area contributed by atoms with Crippen molar-refractivity contribution in [1.82, 2.24) is 14.8 Å². The SMILES string of the molecule is CSc1ccc(Nc2cc3cc(-c4cnn(CC(C)(C)O)c4)ccc3cn2)c(Cl)c1. The molecule has 0 aliphatic heterocycles. The van der Waals surface area contributed by atoms with E-state index in [4.69, 9.17) is 11.6 Å². The average molecular weight is 439 g/mol. The molecule has 0 saturated heterocycles. The van der Waals surface area contributed by atoms with Crippen molar-refractivity contribution in [3.05, 3.63) is 66.1 Å². The number of anilines is 2. The Labute approximate surface area is 185 Å². The first-order valence-electron chi connectivity index (χ1n) is 9.56. The summed E-state index contributed by atoms with van der Waals surface area (Å²) in [7, 11) is 0. The summed E-state index contributed by atoms with van der Waals surface area (Å²) in [6, 6.07) is 14.2. The molecule has 0 atom stereocenters. The Morgan fingerprint density at radius 2 is 1.90 bits per heavy atom. The van der Waals surface area contributed by atoms with Gasteiger partial charge in [0.15, 0.2) is 0 Å². The summed E-state index contributed by atoms with van der Waals surface area (Å²) < 4.78 is 1.76. The number of hydrogen-bond acceptors (Lipinski definition) is 5. The third-order valence-electron chi connectivity index (χ3n) is 4.68. The normalized spacial score (nSPS) is 11.8. The van der Waals surface area contributed by atoms with Crippen LogP contribution in [0.2, 0.25) is 5.02 Å². The predicted octanol–water partition coefficient (Wildman–Crippen LogP) is 5.99. The first-order valence-corrected chi connectivity index (χ1v) is 11.2. The summed E-state index contributed by atoms with van der Waals surface area (Å²) in [6.07, 6.45) is 7.64. The van der Waals surface area contributed by atoms with Gasteiger partial charge in [0.1, 0.15) is 5.82 Å². The van der Waals surface area contributed by atoms with Crippen molar-refractivity contribution in [2.75, 3.05) is 11.6 Å². The fourth-order valence-corrected chi connectivity index (χ4v) is 3.98. The van der Waals surface area contributed by atoms with Gasteiger partial charge in [-0.05, 0) is 61.4 Å². The first kappa shape index (κ1) is 20.7. The average Bonchev–Trinajstić information content (AvgIpc) is 3.15. The number of halogens is 1. The number of aliphatic hydroxyl groups is 1. The Kier molecular flexibility index (Phi) is 5.73. The van der Waals surface area contributed by atoms with Gasteiger partial charge in [0.25, 0.3) is 0 Å². The Morgan fingerprint density at radius 1 is 1.07 bits per heavy atom. The van der Waals surface area contributed by atoms with Gasteiger partial charge >= 0.3 is 0 Å². The standard InChI is InChI=1S/C23H23ClN4OS/c1-23(2,29)14-28-13-18(12-26-28)15-4-5-16-11-25-22(9-17(16)8-15)27-21-7-6-19(30-3)10-20(21)24/h4-13,29H,14H2,1-3H3,(H,25,27). The zero-order valence-electron chi connectivity index (χ0n) is 17.1. The van der Waals surface area contributed by atoms with Crippen LogP contribution in [0.1, 0.15) is 13.8 Å². The van der Waals surface area contributed by atoms with Crippen molar-refractivity contribution in [3.63, 3.8) is 0 Å². The molecule has 0 spiro atoms. The second-order valence-electron chi connectivity index (χ2n) is 7.84. The summed E-state index contributed by atoms with van der Waals surface area (Å²) >= 11 is 8.05. The van der Waals surface area contributed by atoms with Crippen LogP contribution in [0.3, 0.4) is 0 Å². The lowest BCUT2D eigenvalue weighted by Gasteiger charge is -2.16. The van der Waals surface area contributed by atoms with E-state index in [0.29, 0.717) is 11.6 Å². The highest BCUT2D eigenvalue weighted by Crippen LogP contribution is 2.31. The summed E-state index contributed by atoms with van der Waals surface area (Å²) in [5.74, 6) is 0.733. The maximum atomic E-state index is 10.0. The van der Waals surface area contributed by atoms with Gasteiger partial charge in [0, 0.05) is 28.2 Å². The number of nitrogens with one attached hydrogen (secondary N) is 1. The fourth-order valence-electron chi connectivity index (χ4n) is 3.25. The van der Waals surface area contributed by atoms with Crippen molar-refractivity contribution in [1.29, 1.82) is 0 Å². The third kappa shape index (κ3) is 4.78. The highest BCUT2D eigenvalue weighted by Gasteiger charge is 2.14. The summed E-state index contributed by atoms with van der Waals surface area (Å²) in [5, 5.41) is 20.5. The van der Waals surface area contributed by atoms with Gasteiger partial charge in [-0.25, -0.2) is 4.98 Å². The molecule has 0 bridgehead atoms. The second kappa shape index (κ2) is 8.30. The zero-order valence-corrected chi connectivity index (χ0v) is 18.6. The minimum Gasteiger partial charge on any atom is -0.389 e. The zero-order chi connectivity index (χ0) is 21.3. The molecule has 0 unspecified atom stereocenters. The molecule has 7 heteroatoms. The minimum atomic E-state index is -0.811. The molecule has 0 amide bonds. The van der Waals surface area contributed by atoms with Crippen molar-refractivity contribution in [3.8, 4) is 11.1 Å². The second-order valence-corrected chi connectivity index (χ2v) is 9.13. The number of nitrogens with zero attached hydrogens (tertiary/aromatic N) is 3. The molecule has 30 heavy (non-hydrogen) atoms. The molecule has 0 saturated carbocycles. The number of rotatable bonds is 6. The Morgan fingerprint density at radius 3 is 2.63 bits per heavy atom. The number of benzene rings is 2. The Bertz CT molecular complexity index is 1200. The summed E-state index contributed by atoms with van der Waals surface area (Å²) in [5.41, 5.74) is 2.08. The first-order chi connectivity index (χ1) is 14.3. The van der Waals surface area contributed by atoms with Gasteiger partial charge in [-0.3, -0.25) is 4.68 Å². The molecule has 5 nitrogen and oxygen atoms in total. The van der Waals surface area contributed by atoms with E-state index in [1.165, 1.54) is 0 Å². The quantitative estimate of drug-likeness (QED) is 0.362. The Hall–Kier alpha value is -2.54. The van der Waals surface area contributed by atoms with Gasteiger partial charge in [-0.2, -0.15) is 5.10 Å². The van der Waals surface area contributed by atoms with E-state index in [1.54, 1.807) is 30.3 Å². The Balaban J connectivity index is 1.61. The third-order valence-corrected chi connectivity index (χ3v) is 5.71. The highest BCUT2D eigenvalue weighted by atomic mass is 35.5. The van der Waals surface area contributed by atoms with Crippen LogP contribution in [0.25, 0.3) is 21.9 Å². The fraction of sp³-hybridized carbons (Fsp3) is 0.217. The molecule has 2 N–H and O–H groups in total. The molecule has 2 heterocycles. The molecule has 4 rings (SSSR count). The number of hydrogen-bond donors (Lipinski definition) is 2. The molecule has 2 aromatic carbocycles. The number of pyridine rings is 1. The lowest BCUT2D eigenvalue weighted by Crippen LogP contribution is -2.26. The predicted molar refractivity (Wildman–Crippen MR) is 126 cm³/mol. The van der Waals surface area contributed by atoms with Gasteiger partial charge in [0.05, 0.1) is 29.1 Å². The molecule has 154 valence electrons. The van der Waals surface area contributed by atoms with Crippen LogP contribution in [-0.2, 0) is 6.54 Å². The lowest BCUT2D eigenvalue weighted by atomic mass is 10.0. The molecule has 4 aromatic rings. The largest absolute Gasteiger partial charge is 0.389 e. The summed E-state index contributed by atoms with van der Waals surface area (Å²) in [6.45, 7) is 3.98. The van der Waals surface area contributed by atoms with E-state index >= 15 is 0 Å². The van der Waals surface area contributed by atoms with Crippen molar-refractivity contribution >= 4 is 45.6 Å². The minimum absolute atomic E-state index is 0.439. The van der Waals surface area contributed by atoms with Crippen LogP contribution in [-0.4, -0.2) is 31.7 Å². The van der Waals surface area contributed by atoms with Crippen LogP contribution in [0.5, 0.6) is 0 Å². The molecular weight excluding hydrogens is 416 g/mol. The maximum absolute atomic E-state index is 10.0. The van der Waals surface area contributed by atoms with Gasteiger partial charge in [0.2, 0.25) is 0 Å². The monoisotopic (exact) mass is 438 g/mol. The van der Waals surface area contributed by atoms with E-state index < -0.39 is 5.60 Å². The maximum Gasteiger partial charge on any atom is 0.130 e. The molecule has 0 aliphatic rings. The highest BCUT2D eigenvalue weighted by molar-refractivity contribution is 7.98. The molecular formula is C23H23ClN4OS. The van der Waals surface area contributed by atoms with Gasteiger partial charge < -0.3 is 10.4 Å². The van der Waals surface area contributed by atoms with Crippen molar-refractivity contribution in [2.24, 2.45) is 0 Å². The molecule has 0 fully saturated rings. The van der Waals surface area contributed by atoms with Crippen LogP contribution in [0.4, 0.5) is 11.5 Å². The van der Waals surface area contributed by atoms with Crippen LogP contribution in [0.15, 0.2) is 66.0 Å². The number of thioether (sulfide) groups is 1. The van der Waals surface area contributed by atoms with Gasteiger partial charge in [-0.1, -0.05) is 23.7 Å². The van der Waals surface area contributed by atoms with Crippen molar-refractivity contribution < 1.29 is 5.11 Å². The van der Waals surface area contributed by atoms with Crippen LogP contribution in [0, 0.1) is 0 Å². The molecule has 2 aromatic heterocycles. The van der Waals surface area contributed by atoms with E-state index in [9.17, 15) is 5.11 Å². The van der Waals surface area contributed by atoms with E-state index in [0.717, 1.165) is 38.3 Å². The lowest BCUT2D eigenvalue weighted by molar-refractivity contribution is 0.0577. The number of aromatic nitrogens is 3. The number of fused-ring (bicyclic) bond motifs is 1. The van der Waals surface area contributed by atoms with E-state index in [-0.39, 0.29) is 0 Å². The van der Waals surface area contributed by atoms with E-state index in [2.05, 4.69) is 33.6 Å². The smallest absolute Gasteiger partial charge is 0.130 e. The van der Waals surface area contributed by atoms with Gasteiger partial charge in [-0.15, -0.1) is 11.8 Å². The topological polar surface area (TPSA) is 63.0 Å². The van der Waals surface area contributed by atoms with E-state index in [1.807, 2.05) is 49.1 Å². The molecule has 0 radical (unpaired) electrons. The van der Waals surface area contributed by atoms with Crippen LogP contribution >= 0.6 is 23.4 Å².